The quantitative estimate of drug-likeness (QED) is 0.790. The van der Waals surface area contributed by atoms with Crippen molar-refractivity contribution in [2.24, 2.45) is 5.92 Å². The monoisotopic (exact) mass is 281 g/mol. The molecule has 2 rings (SSSR count). The van der Waals surface area contributed by atoms with Gasteiger partial charge < -0.3 is 10.1 Å². The first kappa shape index (κ1) is 16.3. The lowest BCUT2D eigenvalue weighted by Crippen LogP contribution is -2.38. The molecule has 1 aliphatic heterocycles. The number of hydrogen-bond donors (Lipinski definition) is 1. The lowest BCUT2D eigenvalue weighted by molar-refractivity contribution is -0.0668. The van der Waals surface area contributed by atoms with Crippen LogP contribution in [-0.2, 0) is 4.74 Å². The van der Waals surface area contributed by atoms with Gasteiger partial charge in [-0.1, -0.05) is 26.2 Å². The van der Waals surface area contributed by atoms with E-state index in [4.69, 9.17) is 4.74 Å². The number of nitrogens with one attached hydrogen (secondary N) is 1. The molecular weight excluding hydrogens is 246 g/mol. The van der Waals surface area contributed by atoms with Crippen LogP contribution in [0.1, 0.15) is 85.5 Å². The van der Waals surface area contributed by atoms with Gasteiger partial charge in [0, 0.05) is 5.54 Å². The zero-order chi connectivity index (χ0) is 14.6. The van der Waals surface area contributed by atoms with Gasteiger partial charge in [0.25, 0.3) is 0 Å². The largest absolute Gasteiger partial charge is 0.372 e. The van der Waals surface area contributed by atoms with E-state index in [9.17, 15) is 0 Å². The van der Waals surface area contributed by atoms with Crippen molar-refractivity contribution in [3.8, 4) is 0 Å². The SMILES string of the molecule is CC(CCC1CCC2(CCCCC2)O1)CNC(C)(C)C. The van der Waals surface area contributed by atoms with Crippen LogP contribution in [0.3, 0.4) is 0 Å². The Morgan fingerprint density at radius 3 is 2.50 bits per heavy atom. The van der Waals surface area contributed by atoms with Crippen LogP contribution >= 0.6 is 0 Å². The average Bonchev–Trinajstić information content (AvgIpc) is 2.77. The zero-order valence-electron chi connectivity index (χ0n) is 14.1. The van der Waals surface area contributed by atoms with Crippen LogP contribution in [-0.4, -0.2) is 23.8 Å². The summed E-state index contributed by atoms with van der Waals surface area (Å²) in [5.74, 6) is 0.751. The molecule has 2 nitrogen and oxygen atoms in total. The Morgan fingerprint density at radius 2 is 1.85 bits per heavy atom. The van der Waals surface area contributed by atoms with Crippen molar-refractivity contribution in [3.05, 3.63) is 0 Å². The summed E-state index contributed by atoms with van der Waals surface area (Å²) >= 11 is 0. The molecule has 2 heteroatoms. The van der Waals surface area contributed by atoms with Crippen molar-refractivity contribution < 1.29 is 4.74 Å². The van der Waals surface area contributed by atoms with Gasteiger partial charge in [0.2, 0.25) is 0 Å². The molecule has 118 valence electrons. The first-order valence-corrected chi connectivity index (χ1v) is 8.81. The lowest BCUT2D eigenvalue weighted by Gasteiger charge is -2.33. The third kappa shape index (κ3) is 5.04. The standard InChI is InChI=1S/C18H35NO/c1-15(14-19-17(2,3)4)8-9-16-10-13-18(20-16)11-6-5-7-12-18/h15-16,19H,5-14H2,1-4H3. The normalized spacial score (nSPS) is 27.9. The molecule has 1 saturated carbocycles. The van der Waals surface area contributed by atoms with Crippen LogP contribution in [0.25, 0.3) is 0 Å². The fourth-order valence-electron chi connectivity index (χ4n) is 3.72. The highest BCUT2D eigenvalue weighted by molar-refractivity contribution is 4.91. The second-order valence-electron chi connectivity index (χ2n) is 8.34. The fourth-order valence-corrected chi connectivity index (χ4v) is 3.72. The highest BCUT2D eigenvalue weighted by atomic mass is 16.5. The first-order chi connectivity index (χ1) is 9.39. The van der Waals surface area contributed by atoms with E-state index < -0.39 is 0 Å². The van der Waals surface area contributed by atoms with E-state index in [1.807, 2.05) is 0 Å². The molecule has 0 aromatic carbocycles. The lowest BCUT2D eigenvalue weighted by atomic mass is 9.83. The Morgan fingerprint density at radius 1 is 1.15 bits per heavy atom. The van der Waals surface area contributed by atoms with Crippen molar-refractivity contribution >= 4 is 0 Å². The maximum Gasteiger partial charge on any atom is 0.0687 e. The summed E-state index contributed by atoms with van der Waals surface area (Å²) < 4.78 is 6.47. The predicted molar refractivity (Wildman–Crippen MR) is 86.1 cm³/mol. The Labute approximate surface area is 126 Å². The molecule has 2 unspecified atom stereocenters. The second-order valence-corrected chi connectivity index (χ2v) is 8.34. The average molecular weight is 281 g/mol. The molecular formula is C18H35NO. The van der Waals surface area contributed by atoms with E-state index in [0.717, 1.165) is 12.5 Å². The first-order valence-electron chi connectivity index (χ1n) is 8.81. The molecule has 20 heavy (non-hydrogen) atoms. The minimum atomic E-state index is 0.240. The van der Waals surface area contributed by atoms with Crippen molar-refractivity contribution in [2.45, 2.75) is 103 Å². The molecule has 0 aromatic heterocycles. The molecule has 2 atom stereocenters. The molecule has 0 aromatic rings. The maximum atomic E-state index is 6.47. The maximum absolute atomic E-state index is 6.47. The van der Waals surface area contributed by atoms with Gasteiger partial charge in [-0.2, -0.15) is 0 Å². The Bertz CT molecular complexity index is 288. The van der Waals surface area contributed by atoms with Gasteiger partial charge in [0.15, 0.2) is 0 Å². The predicted octanol–water partition coefficient (Wildman–Crippen LogP) is 4.67. The molecule has 0 radical (unpaired) electrons. The number of ether oxygens (including phenoxy) is 1. The zero-order valence-corrected chi connectivity index (χ0v) is 14.1. The molecule has 1 saturated heterocycles. The molecule has 1 spiro atoms. The molecule has 1 heterocycles. The van der Waals surface area contributed by atoms with Gasteiger partial charge in [0.05, 0.1) is 11.7 Å². The van der Waals surface area contributed by atoms with E-state index in [1.54, 1.807) is 0 Å². The van der Waals surface area contributed by atoms with Gasteiger partial charge in [-0.3, -0.25) is 0 Å². The summed E-state index contributed by atoms with van der Waals surface area (Å²) in [6.07, 6.45) is 12.6. The summed E-state index contributed by atoms with van der Waals surface area (Å²) in [5.41, 5.74) is 0.542. The third-order valence-electron chi connectivity index (χ3n) is 5.07. The van der Waals surface area contributed by atoms with Crippen LogP contribution in [0, 0.1) is 5.92 Å². The Hall–Kier alpha value is -0.0800. The van der Waals surface area contributed by atoms with Gasteiger partial charge in [-0.05, 0) is 71.8 Å². The van der Waals surface area contributed by atoms with Gasteiger partial charge >= 0.3 is 0 Å². The minimum absolute atomic E-state index is 0.240. The van der Waals surface area contributed by atoms with Crippen molar-refractivity contribution in [1.29, 1.82) is 0 Å². The van der Waals surface area contributed by atoms with E-state index in [2.05, 4.69) is 33.0 Å². The topological polar surface area (TPSA) is 21.3 Å². The summed E-state index contributed by atoms with van der Waals surface area (Å²) in [6, 6.07) is 0. The summed E-state index contributed by atoms with van der Waals surface area (Å²) in [7, 11) is 0. The molecule has 1 aliphatic carbocycles. The molecule has 2 fully saturated rings. The van der Waals surface area contributed by atoms with Crippen LogP contribution in [0.2, 0.25) is 0 Å². The fraction of sp³-hybridized carbons (Fsp3) is 1.00. The Kier molecular flexibility index (Phi) is 5.53. The molecule has 2 aliphatic rings. The van der Waals surface area contributed by atoms with Crippen molar-refractivity contribution in [2.75, 3.05) is 6.54 Å². The molecule has 1 N–H and O–H groups in total. The smallest absolute Gasteiger partial charge is 0.0687 e. The van der Waals surface area contributed by atoms with E-state index in [-0.39, 0.29) is 5.54 Å². The summed E-state index contributed by atoms with van der Waals surface area (Å²) in [4.78, 5) is 0. The number of rotatable bonds is 5. The summed E-state index contributed by atoms with van der Waals surface area (Å²) in [6.45, 7) is 10.2. The van der Waals surface area contributed by atoms with E-state index >= 15 is 0 Å². The minimum Gasteiger partial charge on any atom is -0.372 e. The van der Waals surface area contributed by atoms with Gasteiger partial charge in [-0.15, -0.1) is 0 Å². The third-order valence-corrected chi connectivity index (χ3v) is 5.07. The van der Waals surface area contributed by atoms with E-state index in [1.165, 1.54) is 57.8 Å². The van der Waals surface area contributed by atoms with Crippen LogP contribution in [0.4, 0.5) is 0 Å². The molecule has 0 amide bonds. The van der Waals surface area contributed by atoms with Crippen molar-refractivity contribution in [1.82, 2.24) is 5.32 Å². The second kappa shape index (κ2) is 6.79. The van der Waals surface area contributed by atoms with Crippen LogP contribution in [0.15, 0.2) is 0 Å². The highest BCUT2D eigenvalue weighted by Gasteiger charge is 2.40. The van der Waals surface area contributed by atoms with Crippen LogP contribution in [0.5, 0.6) is 0 Å². The molecule has 0 bridgehead atoms. The van der Waals surface area contributed by atoms with Gasteiger partial charge in [-0.25, -0.2) is 0 Å². The van der Waals surface area contributed by atoms with Crippen LogP contribution < -0.4 is 5.32 Å². The number of hydrogen-bond acceptors (Lipinski definition) is 2. The van der Waals surface area contributed by atoms with Gasteiger partial charge in [0.1, 0.15) is 0 Å². The summed E-state index contributed by atoms with van der Waals surface area (Å²) in [5, 5.41) is 3.61. The van der Waals surface area contributed by atoms with Crippen molar-refractivity contribution in [3.63, 3.8) is 0 Å². The highest BCUT2D eigenvalue weighted by Crippen LogP contribution is 2.43. The van der Waals surface area contributed by atoms with E-state index in [0.29, 0.717) is 11.7 Å². The Balaban J connectivity index is 1.65.